The van der Waals surface area contributed by atoms with Crippen molar-refractivity contribution >= 4 is 10.9 Å². The average Bonchev–Trinajstić information content (AvgIpc) is 2.68. The Morgan fingerprint density at radius 3 is 3.19 bits per heavy atom. The van der Waals surface area contributed by atoms with E-state index in [9.17, 15) is 0 Å². The molecule has 0 aliphatic carbocycles. The Morgan fingerprint density at radius 2 is 2.31 bits per heavy atom. The van der Waals surface area contributed by atoms with Crippen molar-refractivity contribution in [2.45, 2.75) is 25.8 Å². The number of nitrogens with zero attached hydrogens (tertiary/aromatic N) is 1. The standard InChI is InChI=1S/C14H18N2/c1-15-8-7-13-10-12-5-2-4-11-6-3-9-16(13)14(11)12/h2,4-5,10,15H,3,6-9H2,1H3. The van der Waals surface area contributed by atoms with E-state index in [1.54, 1.807) is 0 Å². The van der Waals surface area contributed by atoms with Crippen molar-refractivity contribution in [2.24, 2.45) is 0 Å². The average molecular weight is 214 g/mol. The normalized spacial score (nSPS) is 14.6. The van der Waals surface area contributed by atoms with E-state index in [0.29, 0.717) is 0 Å². The number of para-hydroxylation sites is 1. The van der Waals surface area contributed by atoms with Gasteiger partial charge in [-0.15, -0.1) is 0 Å². The summed E-state index contributed by atoms with van der Waals surface area (Å²) in [6.45, 7) is 2.26. The molecule has 0 amide bonds. The molecule has 84 valence electrons. The predicted molar refractivity (Wildman–Crippen MR) is 67.9 cm³/mol. The van der Waals surface area contributed by atoms with Crippen molar-refractivity contribution in [2.75, 3.05) is 13.6 Å². The molecular formula is C14H18N2. The van der Waals surface area contributed by atoms with Crippen LogP contribution in [0.15, 0.2) is 24.3 Å². The van der Waals surface area contributed by atoms with Gasteiger partial charge in [-0.1, -0.05) is 18.2 Å². The van der Waals surface area contributed by atoms with Crippen molar-refractivity contribution in [1.82, 2.24) is 9.88 Å². The number of aromatic nitrogens is 1. The number of likely N-dealkylation sites (N-methyl/N-ethyl adjacent to an activating group) is 1. The van der Waals surface area contributed by atoms with Crippen LogP contribution in [0.2, 0.25) is 0 Å². The van der Waals surface area contributed by atoms with Crippen molar-refractivity contribution in [3.8, 4) is 0 Å². The minimum Gasteiger partial charge on any atom is -0.344 e. The van der Waals surface area contributed by atoms with Crippen LogP contribution in [0.4, 0.5) is 0 Å². The molecule has 1 aliphatic heterocycles. The summed E-state index contributed by atoms with van der Waals surface area (Å²) in [4.78, 5) is 0. The number of hydrogen-bond acceptors (Lipinski definition) is 1. The lowest BCUT2D eigenvalue weighted by Crippen LogP contribution is -2.15. The molecule has 3 rings (SSSR count). The Labute approximate surface area is 96.3 Å². The lowest BCUT2D eigenvalue weighted by atomic mass is 10.0. The number of hydrogen-bond donors (Lipinski definition) is 1. The molecule has 2 heterocycles. The SMILES string of the molecule is CNCCc1cc2cccc3c2n1CCC3. The van der Waals surface area contributed by atoms with Crippen LogP contribution in [-0.4, -0.2) is 18.2 Å². The number of rotatable bonds is 3. The Hall–Kier alpha value is -1.28. The van der Waals surface area contributed by atoms with E-state index in [0.717, 1.165) is 13.0 Å². The maximum atomic E-state index is 3.23. The highest BCUT2D eigenvalue weighted by Gasteiger charge is 2.15. The molecule has 1 N–H and O–H groups in total. The Balaban J connectivity index is 2.14. The zero-order valence-corrected chi connectivity index (χ0v) is 9.79. The van der Waals surface area contributed by atoms with Crippen LogP contribution in [0.5, 0.6) is 0 Å². The maximum Gasteiger partial charge on any atom is 0.0515 e. The minimum atomic E-state index is 1.06. The Morgan fingerprint density at radius 1 is 1.38 bits per heavy atom. The third-order valence-electron chi connectivity index (χ3n) is 3.55. The first-order chi connectivity index (χ1) is 7.90. The van der Waals surface area contributed by atoms with Crippen LogP contribution in [-0.2, 0) is 19.4 Å². The molecule has 0 atom stereocenters. The lowest BCUT2D eigenvalue weighted by Gasteiger charge is -2.18. The molecule has 0 saturated carbocycles. The minimum absolute atomic E-state index is 1.06. The van der Waals surface area contributed by atoms with Crippen LogP contribution in [0, 0.1) is 0 Å². The van der Waals surface area contributed by atoms with Crippen LogP contribution in [0.3, 0.4) is 0 Å². The van der Waals surface area contributed by atoms with Crippen molar-refractivity contribution < 1.29 is 0 Å². The molecule has 2 aromatic rings. The summed E-state index contributed by atoms with van der Waals surface area (Å²) < 4.78 is 2.52. The Bertz CT molecular complexity index is 511. The summed E-state index contributed by atoms with van der Waals surface area (Å²) in [6.07, 6.45) is 3.66. The monoisotopic (exact) mass is 214 g/mol. The second-order valence-electron chi connectivity index (χ2n) is 4.60. The van der Waals surface area contributed by atoms with E-state index in [4.69, 9.17) is 0 Å². The topological polar surface area (TPSA) is 17.0 Å². The molecule has 0 unspecified atom stereocenters. The zero-order chi connectivity index (χ0) is 11.0. The molecule has 0 saturated heterocycles. The smallest absolute Gasteiger partial charge is 0.0515 e. The number of nitrogens with one attached hydrogen (secondary N) is 1. The van der Waals surface area contributed by atoms with E-state index in [-0.39, 0.29) is 0 Å². The molecule has 0 fully saturated rings. The molecule has 1 aliphatic rings. The molecule has 2 nitrogen and oxygen atoms in total. The van der Waals surface area contributed by atoms with Gasteiger partial charge in [0.25, 0.3) is 0 Å². The molecule has 0 radical (unpaired) electrons. The van der Waals surface area contributed by atoms with Crippen molar-refractivity contribution in [3.63, 3.8) is 0 Å². The van der Waals surface area contributed by atoms with Crippen LogP contribution in [0.25, 0.3) is 10.9 Å². The first-order valence-corrected chi connectivity index (χ1v) is 6.15. The van der Waals surface area contributed by atoms with E-state index >= 15 is 0 Å². The zero-order valence-electron chi connectivity index (χ0n) is 9.79. The van der Waals surface area contributed by atoms with Gasteiger partial charge in [-0.3, -0.25) is 0 Å². The largest absolute Gasteiger partial charge is 0.344 e. The highest BCUT2D eigenvalue weighted by atomic mass is 15.0. The van der Waals surface area contributed by atoms with Gasteiger partial charge in [0.15, 0.2) is 0 Å². The summed E-state index contributed by atoms with van der Waals surface area (Å²) in [6, 6.07) is 9.07. The van der Waals surface area contributed by atoms with Crippen LogP contribution >= 0.6 is 0 Å². The third kappa shape index (κ3) is 1.45. The summed E-state index contributed by atoms with van der Waals surface area (Å²) in [5.41, 5.74) is 4.50. The first kappa shape index (κ1) is 9.91. The van der Waals surface area contributed by atoms with Crippen LogP contribution < -0.4 is 5.32 Å². The van der Waals surface area contributed by atoms with E-state index in [1.807, 2.05) is 7.05 Å². The molecule has 0 spiro atoms. The van der Waals surface area contributed by atoms with Gasteiger partial charge in [-0.2, -0.15) is 0 Å². The third-order valence-corrected chi connectivity index (χ3v) is 3.55. The molecule has 16 heavy (non-hydrogen) atoms. The summed E-state index contributed by atoms with van der Waals surface area (Å²) in [5.74, 6) is 0. The van der Waals surface area contributed by atoms with E-state index < -0.39 is 0 Å². The van der Waals surface area contributed by atoms with Gasteiger partial charge in [0.2, 0.25) is 0 Å². The highest BCUT2D eigenvalue weighted by molar-refractivity contribution is 5.85. The van der Waals surface area contributed by atoms with Gasteiger partial charge in [-0.05, 0) is 31.5 Å². The van der Waals surface area contributed by atoms with E-state index in [1.165, 1.54) is 41.5 Å². The lowest BCUT2D eigenvalue weighted by molar-refractivity contribution is 0.604. The van der Waals surface area contributed by atoms with Gasteiger partial charge in [0, 0.05) is 30.6 Å². The summed E-state index contributed by atoms with van der Waals surface area (Å²) >= 11 is 0. The van der Waals surface area contributed by atoms with Gasteiger partial charge in [-0.25, -0.2) is 0 Å². The molecule has 2 heteroatoms. The quantitative estimate of drug-likeness (QED) is 0.830. The fraction of sp³-hybridized carbons (Fsp3) is 0.429. The second kappa shape index (κ2) is 3.95. The van der Waals surface area contributed by atoms with Gasteiger partial charge in [0.05, 0.1) is 5.52 Å². The highest BCUT2D eigenvalue weighted by Crippen LogP contribution is 2.28. The molecular weight excluding hydrogens is 196 g/mol. The molecule has 1 aromatic heterocycles. The van der Waals surface area contributed by atoms with Crippen molar-refractivity contribution in [3.05, 3.63) is 35.5 Å². The Kier molecular flexibility index (Phi) is 2.44. The fourth-order valence-corrected chi connectivity index (χ4v) is 2.80. The molecule has 1 aromatic carbocycles. The van der Waals surface area contributed by atoms with Gasteiger partial charge >= 0.3 is 0 Å². The summed E-state index contributed by atoms with van der Waals surface area (Å²) in [5, 5.41) is 4.65. The number of aryl methyl sites for hydroxylation is 2. The number of benzene rings is 1. The van der Waals surface area contributed by atoms with Gasteiger partial charge in [0.1, 0.15) is 0 Å². The summed E-state index contributed by atoms with van der Waals surface area (Å²) in [7, 11) is 2.02. The molecule has 0 bridgehead atoms. The fourth-order valence-electron chi connectivity index (χ4n) is 2.80. The van der Waals surface area contributed by atoms with E-state index in [2.05, 4.69) is 34.1 Å². The predicted octanol–water partition coefficient (Wildman–Crippen LogP) is 2.35. The van der Waals surface area contributed by atoms with Gasteiger partial charge < -0.3 is 9.88 Å². The van der Waals surface area contributed by atoms with Crippen LogP contribution in [0.1, 0.15) is 17.7 Å². The maximum absolute atomic E-state index is 3.23. The van der Waals surface area contributed by atoms with Crippen molar-refractivity contribution in [1.29, 1.82) is 0 Å². The second-order valence-corrected chi connectivity index (χ2v) is 4.60. The first-order valence-electron chi connectivity index (χ1n) is 6.15.